The lowest BCUT2D eigenvalue weighted by Crippen LogP contribution is -2.57. The number of likely N-dealkylation sites (tertiary alicyclic amines) is 1. The summed E-state index contributed by atoms with van der Waals surface area (Å²) < 4.78 is 0. The van der Waals surface area contributed by atoms with Gasteiger partial charge in [0.25, 0.3) is 0 Å². The van der Waals surface area contributed by atoms with Crippen molar-refractivity contribution >= 4 is 12.2 Å². The summed E-state index contributed by atoms with van der Waals surface area (Å²) in [5, 5.41) is 0. The van der Waals surface area contributed by atoms with Crippen LogP contribution in [0.25, 0.3) is 0 Å². The van der Waals surface area contributed by atoms with Crippen LogP contribution in [0.4, 0.5) is 0 Å². The van der Waals surface area contributed by atoms with Crippen molar-refractivity contribution < 1.29 is 9.59 Å². The Kier molecular flexibility index (Phi) is 5.63. The molecular weight excluding hydrogens is 376 g/mol. The fourth-order valence-corrected chi connectivity index (χ4v) is 6.09. The van der Waals surface area contributed by atoms with Crippen molar-refractivity contribution in [1.82, 2.24) is 19.7 Å². The topological polar surface area (TPSA) is 56.8 Å². The summed E-state index contributed by atoms with van der Waals surface area (Å²) in [6.45, 7) is 5.81. The number of amides is 1. The van der Waals surface area contributed by atoms with Gasteiger partial charge in [0, 0.05) is 50.5 Å². The van der Waals surface area contributed by atoms with E-state index >= 15 is 0 Å². The van der Waals surface area contributed by atoms with Crippen LogP contribution in [0.3, 0.4) is 0 Å². The second-order valence-electron chi connectivity index (χ2n) is 9.95. The number of aromatic nitrogens is 1. The number of rotatable bonds is 5. The summed E-state index contributed by atoms with van der Waals surface area (Å²) in [7, 11) is 0. The Morgan fingerprint density at radius 3 is 2.40 bits per heavy atom. The molecule has 1 spiro atoms. The van der Waals surface area contributed by atoms with Crippen molar-refractivity contribution in [3.05, 3.63) is 30.1 Å². The second kappa shape index (κ2) is 8.39. The minimum absolute atomic E-state index is 0.194. The van der Waals surface area contributed by atoms with Crippen LogP contribution >= 0.6 is 0 Å². The lowest BCUT2D eigenvalue weighted by Gasteiger charge is -2.53. The van der Waals surface area contributed by atoms with Gasteiger partial charge in [0.15, 0.2) is 0 Å². The minimum Gasteiger partial charge on any atom is -0.340 e. The van der Waals surface area contributed by atoms with Crippen LogP contribution < -0.4 is 0 Å². The zero-order valence-corrected chi connectivity index (χ0v) is 17.9. The van der Waals surface area contributed by atoms with Crippen molar-refractivity contribution in [1.29, 1.82) is 0 Å². The van der Waals surface area contributed by atoms with Crippen LogP contribution in [0.2, 0.25) is 0 Å². The van der Waals surface area contributed by atoms with E-state index in [0.717, 1.165) is 82.8 Å². The molecule has 6 heteroatoms. The molecule has 1 aromatic heterocycles. The van der Waals surface area contributed by atoms with Gasteiger partial charge in [-0.25, -0.2) is 0 Å². The molecule has 1 amide bonds. The SMILES string of the molecule is O=CC(c1cccnc1)N1CCC2(CC1)CC(C(=O)N1CCN(C3CCC3)CC1)C2. The summed E-state index contributed by atoms with van der Waals surface area (Å²) in [6.07, 6.45) is 12.9. The van der Waals surface area contributed by atoms with Crippen LogP contribution in [-0.4, -0.2) is 77.2 Å². The average Bonchev–Trinajstić information content (AvgIpc) is 2.73. The van der Waals surface area contributed by atoms with Crippen LogP contribution in [0.1, 0.15) is 56.6 Å². The van der Waals surface area contributed by atoms with Gasteiger partial charge < -0.3 is 9.69 Å². The highest BCUT2D eigenvalue weighted by Crippen LogP contribution is 2.53. The van der Waals surface area contributed by atoms with Crippen molar-refractivity contribution in [3.8, 4) is 0 Å². The Hall–Kier alpha value is -1.79. The number of nitrogens with zero attached hydrogens (tertiary/aromatic N) is 4. The zero-order chi connectivity index (χ0) is 20.6. The standard InChI is InChI=1S/C24H34N4O2/c29-18-22(19-3-2-8-25-17-19)27-9-6-24(7-10-27)15-20(16-24)23(30)28-13-11-26(12-14-28)21-4-1-5-21/h2-3,8,17-18,20-22H,1,4-7,9-16H2. The Labute approximate surface area is 179 Å². The second-order valence-corrected chi connectivity index (χ2v) is 9.95. The molecule has 2 saturated heterocycles. The molecule has 0 radical (unpaired) electrons. The molecule has 2 aliphatic heterocycles. The molecule has 6 nitrogen and oxygen atoms in total. The normalized spacial score (nSPS) is 26.7. The molecule has 3 heterocycles. The van der Waals surface area contributed by atoms with Gasteiger partial charge in [0.2, 0.25) is 5.91 Å². The molecule has 1 atom stereocenters. The molecule has 2 saturated carbocycles. The molecule has 1 unspecified atom stereocenters. The van der Waals surface area contributed by atoms with Crippen LogP contribution in [-0.2, 0) is 9.59 Å². The minimum atomic E-state index is -0.194. The van der Waals surface area contributed by atoms with E-state index in [0.29, 0.717) is 11.3 Å². The molecule has 0 aromatic carbocycles. The molecule has 0 N–H and O–H groups in total. The highest BCUT2D eigenvalue weighted by Gasteiger charge is 2.50. The zero-order valence-electron chi connectivity index (χ0n) is 17.9. The van der Waals surface area contributed by atoms with E-state index in [4.69, 9.17) is 0 Å². The van der Waals surface area contributed by atoms with Gasteiger partial charge in [-0.05, 0) is 68.7 Å². The molecular formula is C24H34N4O2. The van der Waals surface area contributed by atoms with Crippen molar-refractivity contribution in [3.63, 3.8) is 0 Å². The third-order valence-corrected chi connectivity index (χ3v) is 8.33. The summed E-state index contributed by atoms with van der Waals surface area (Å²) in [4.78, 5) is 35.9. The summed E-state index contributed by atoms with van der Waals surface area (Å²) in [5.74, 6) is 0.629. The number of aldehydes is 1. The molecule has 1 aromatic rings. The van der Waals surface area contributed by atoms with Gasteiger partial charge in [-0.3, -0.25) is 19.6 Å². The first-order valence-electron chi connectivity index (χ1n) is 11.8. The quantitative estimate of drug-likeness (QED) is 0.698. The summed E-state index contributed by atoms with van der Waals surface area (Å²) in [6, 6.07) is 4.48. The van der Waals surface area contributed by atoms with E-state index in [2.05, 4.69) is 19.7 Å². The van der Waals surface area contributed by atoms with Crippen LogP contribution in [0.15, 0.2) is 24.5 Å². The van der Waals surface area contributed by atoms with Gasteiger partial charge in [0.05, 0.1) is 6.04 Å². The number of piperidine rings is 1. The number of piperazine rings is 1. The average molecular weight is 411 g/mol. The molecule has 0 bridgehead atoms. The van der Waals surface area contributed by atoms with Crippen LogP contribution in [0.5, 0.6) is 0 Å². The maximum Gasteiger partial charge on any atom is 0.225 e. The third-order valence-electron chi connectivity index (χ3n) is 8.33. The van der Waals surface area contributed by atoms with E-state index in [9.17, 15) is 9.59 Å². The van der Waals surface area contributed by atoms with Crippen molar-refractivity contribution in [2.24, 2.45) is 11.3 Å². The molecule has 4 aliphatic rings. The van der Waals surface area contributed by atoms with Gasteiger partial charge >= 0.3 is 0 Å². The number of carbonyl (C=O) groups excluding carboxylic acids is 2. The number of pyridine rings is 1. The van der Waals surface area contributed by atoms with E-state index in [-0.39, 0.29) is 12.0 Å². The monoisotopic (exact) mass is 410 g/mol. The molecule has 4 fully saturated rings. The van der Waals surface area contributed by atoms with Gasteiger partial charge in [-0.1, -0.05) is 12.5 Å². The Morgan fingerprint density at radius 2 is 1.83 bits per heavy atom. The highest BCUT2D eigenvalue weighted by molar-refractivity contribution is 5.80. The predicted molar refractivity (Wildman–Crippen MR) is 115 cm³/mol. The fourth-order valence-electron chi connectivity index (χ4n) is 6.09. The smallest absolute Gasteiger partial charge is 0.225 e. The largest absolute Gasteiger partial charge is 0.340 e. The molecule has 2 aliphatic carbocycles. The Balaban J connectivity index is 1.09. The first-order valence-corrected chi connectivity index (χ1v) is 11.8. The number of hydrogen-bond acceptors (Lipinski definition) is 5. The lowest BCUT2D eigenvalue weighted by molar-refractivity contribution is -0.148. The van der Waals surface area contributed by atoms with E-state index in [1.54, 1.807) is 12.4 Å². The highest BCUT2D eigenvalue weighted by atomic mass is 16.2. The van der Waals surface area contributed by atoms with E-state index < -0.39 is 0 Å². The van der Waals surface area contributed by atoms with Gasteiger partial charge in [0.1, 0.15) is 6.29 Å². The number of carbonyl (C=O) groups is 2. The van der Waals surface area contributed by atoms with Crippen molar-refractivity contribution in [2.45, 2.75) is 57.0 Å². The first kappa shape index (κ1) is 20.1. The maximum absolute atomic E-state index is 13.0. The Morgan fingerprint density at radius 1 is 1.10 bits per heavy atom. The first-order chi connectivity index (χ1) is 14.7. The predicted octanol–water partition coefficient (Wildman–Crippen LogP) is 2.51. The molecule has 30 heavy (non-hydrogen) atoms. The maximum atomic E-state index is 13.0. The number of hydrogen-bond donors (Lipinski definition) is 0. The fraction of sp³-hybridized carbons (Fsp3) is 0.708. The van der Waals surface area contributed by atoms with E-state index in [1.165, 1.54) is 19.3 Å². The summed E-state index contributed by atoms with van der Waals surface area (Å²) in [5.41, 5.74) is 1.30. The Bertz CT molecular complexity index is 742. The molecule has 162 valence electrons. The van der Waals surface area contributed by atoms with Gasteiger partial charge in [-0.15, -0.1) is 0 Å². The van der Waals surface area contributed by atoms with Crippen molar-refractivity contribution in [2.75, 3.05) is 39.3 Å². The third kappa shape index (κ3) is 3.80. The summed E-state index contributed by atoms with van der Waals surface area (Å²) >= 11 is 0. The lowest BCUT2D eigenvalue weighted by atomic mass is 9.57. The van der Waals surface area contributed by atoms with Gasteiger partial charge in [-0.2, -0.15) is 0 Å². The van der Waals surface area contributed by atoms with E-state index in [1.807, 2.05) is 12.1 Å². The molecule has 5 rings (SSSR count). The van der Waals surface area contributed by atoms with Crippen LogP contribution in [0, 0.1) is 11.3 Å².